The normalized spacial score (nSPS) is 11.0. The van der Waals surface area contributed by atoms with E-state index in [1.165, 1.54) is 5.69 Å². The van der Waals surface area contributed by atoms with Gasteiger partial charge in [-0.3, -0.25) is 14.5 Å². The van der Waals surface area contributed by atoms with Crippen LogP contribution in [0.1, 0.15) is 33.7 Å². The van der Waals surface area contributed by atoms with Crippen molar-refractivity contribution in [3.05, 3.63) is 52.8 Å². The molecule has 0 aliphatic rings. The van der Waals surface area contributed by atoms with Gasteiger partial charge in [-0.1, -0.05) is 12.1 Å². The van der Waals surface area contributed by atoms with Gasteiger partial charge in [0.2, 0.25) is 0 Å². The van der Waals surface area contributed by atoms with E-state index in [0.29, 0.717) is 12.1 Å². The van der Waals surface area contributed by atoms with E-state index >= 15 is 0 Å². The van der Waals surface area contributed by atoms with E-state index in [0.717, 1.165) is 36.7 Å². The number of carbonyl (C=O) groups is 1. The van der Waals surface area contributed by atoms with Crippen molar-refractivity contribution in [1.29, 1.82) is 0 Å². The topological polar surface area (TPSA) is 74.5 Å². The number of hydrogen-bond donors (Lipinski definition) is 2. The minimum atomic E-state index is 0. The summed E-state index contributed by atoms with van der Waals surface area (Å²) in [5, 5.41) is 11.1. The highest BCUT2D eigenvalue weighted by atomic mass is 127. The summed E-state index contributed by atoms with van der Waals surface area (Å²) >= 11 is 0. The first-order valence-electron chi connectivity index (χ1n) is 9.17. The average Bonchev–Trinajstić information content (AvgIpc) is 2.98. The number of nitrogens with zero attached hydrogens (tertiary/aromatic N) is 4. The maximum Gasteiger partial charge on any atom is 0.253 e. The molecule has 0 saturated heterocycles. The van der Waals surface area contributed by atoms with Gasteiger partial charge in [-0.15, -0.1) is 24.0 Å². The molecule has 8 heteroatoms. The minimum Gasteiger partial charge on any atom is -0.356 e. The van der Waals surface area contributed by atoms with Crippen LogP contribution in [0.4, 0.5) is 0 Å². The molecule has 0 bridgehead atoms. The average molecular weight is 498 g/mol. The van der Waals surface area contributed by atoms with Gasteiger partial charge in [-0.05, 0) is 44.0 Å². The molecule has 2 N–H and O–H groups in total. The zero-order valence-electron chi connectivity index (χ0n) is 17.3. The van der Waals surface area contributed by atoms with Crippen LogP contribution < -0.4 is 10.6 Å². The van der Waals surface area contributed by atoms with E-state index in [1.54, 1.807) is 26.0 Å². The molecule has 1 aromatic carbocycles. The third kappa shape index (κ3) is 7.14. The molecule has 1 amide bonds. The maximum atomic E-state index is 11.9. The Balaban J connectivity index is 0.00000392. The number of benzene rings is 1. The zero-order chi connectivity index (χ0) is 19.8. The summed E-state index contributed by atoms with van der Waals surface area (Å²) in [6.07, 6.45) is 0.962. The van der Waals surface area contributed by atoms with Crippen molar-refractivity contribution >= 4 is 35.8 Å². The van der Waals surface area contributed by atoms with Gasteiger partial charge in [0, 0.05) is 52.0 Å². The number of aliphatic imine (C=N–C) groups is 1. The number of hydrogen-bond acceptors (Lipinski definition) is 3. The fourth-order valence-corrected chi connectivity index (χ4v) is 2.77. The molecule has 0 atom stereocenters. The summed E-state index contributed by atoms with van der Waals surface area (Å²) in [6, 6.07) is 9.71. The highest BCUT2D eigenvalue weighted by molar-refractivity contribution is 14.0. The van der Waals surface area contributed by atoms with Crippen LogP contribution in [0, 0.1) is 13.8 Å². The second kappa shape index (κ2) is 11.7. The molecule has 2 aromatic rings. The second-order valence-corrected chi connectivity index (χ2v) is 6.75. The summed E-state index contributed by atoms with van der Waals surface area (Å²) in [4.78, 5) is 17.7. The van der Waals surface area contributed by atoms with Crippen LogP contribution in [0.25, 0.3) is 0 Å². The smallest absolute Gasteiger partial charge is 0.253 e. The van der Waals surface area contributed by atoms with Gasteiger partial charge < -0.3 is 15.5 Å². The lowest BCUT2D eigenvalue weighted by Gasteiger charge is -2.13. The molecule has 1 heterocycles. The summed E-state index contributed by atoms with van der Waals surface area (Å²) in [5.41, 5.74) is 4.02. The van der Waals surface area contributed by atoms with Crippen LogP contribution in [-0.2, 0) is 13.1 Å². The second-order valence-electron chi connectivity index (χ2n) is 6.75. The fourth-order valence-electron chi connectivity index (χ4n) is 2.77. The Morgan fingerprint density at radius 2 is 1.86 bits per heavy atom. The van der Waals surface area contributed by atoms with Crippen molar-refractivity contribution in [1.82, 2.24) is 25.3 Å². The molecule has 0 radical (unpaired) electrons. The van der Waals surface area contributed by atoms with Gasteiger partial charge in [-0.25, -0.2) is 0 Å². The summed E-state index contributed by atoms with van der Waals surface area (Å²) in [7, 11) is 5.26. The quantitative estimate of drug-likeness (QED) is 0.267. The van der Waals surface area contributed by atoms with Gasteiger partial charge in [0.25, 0.3) is 5.91 Å². The van der Waals surface area contributed by atoms with Gasteiger partial charge in [-0.2, -0.15) is 5.10 Å². The Morgan fingerprint density at radius 3 is 2.39 bits per heavy atom. The monoisotopic (exact) mass is 498 g/mol. The Bertz CT molecular complexity index is 782. The molecular weight excluding hydrogens is 467 g/mol. The number of aryl methyl sites for hydroxylation is 3. The zero-order valence-corrected chi connectivity index (χ0v) is 19.7. The standard InChI is InChI=1S/C20H30N6O.HI/c1-15-13-16(2)26(24-15)12-6-11-22-20(21-3)23-14-17-7-9-18(10-8-17)19(27)25(4)5;/h7-10,13H,6,11-12,14H2,1-5H3,(H2,21,22,23);1H. The lowest BCUT2D eigenvalue weighted by molar-refractivity contribution is 0.0827. The third-order valence-corrected chi connectivity index (χ3v) is 4.23. The predicted octanol–water partition coefficient (Wildman–Crippen LogP) is 2.58. The summed E-state index contributed by atoms with van der Waals surface area (Å²) < 4.78 is 2.03. The van der Waals surface area contributed by atoms with Gasteiger partial charge in [0.05, 0.1) is 5.69 Å². The maximum absolute atomic E-state index is 11.9. The third-order valence-electron chi connectivity index (χ3n) is 4.23. The predicted molar refractivity (Wildman–Crippen MR) is 124 cm³/mol. The lowest BCUT2D eigenvalue weighted by atomic mass is 10.1. The number of aromatic nitrogens is 2. The first-order chi connectivity index (χ1) is 12.9. The number of rotatable bonds is 7. The molecule has 7 nitrogen and oxygen atoms in total. The van der Waals surface area contributed by atoms with Crippen LogP contribution in [0.5, 0.6) is 0 Å². The van der Waals surface area contributed by atoms with Crippen LogP contribution in [0.15, 0.2) is 35.3 Å². The molecule has 0 spiro atoms. The summed E-state index contributed by atoms with van der Waals surface area (Å²) in [5.74, 6) is 0.770. The Labute approximate surface area is 184 Å². The molecule has 28 heavy (non-hydrogen) atoms. The van der Waals surface area contributed by atoms with E-state index in [9.17, 15) is 4.79 Å². The molecule has 0 aliphatic carbocycles. The molecular formula is C20H31IN6O. The molecule has 0 unspecified atom stereocenters. The van der Waals surface area contributed by atoms with Gasteiger partial charge >= 0.3 is 0 Å². The number of halogens is 1. The first-order valence-corrected chi connectivity index (χ1v) is 9.17. The van der Waals surface area contributed by atoms with E-state index < -0.39 is 0 Å². The molecule has 2 rings (SSSR count). The molecule has 154 valence electrons. The minimum absolute atomic E-state index is 0. The Kier molecular flexibility index (Phi) is 9.98. The van der Waals surface area contributed by atoms with Crippen molar-refractivity contribution in [2.45, 2.75) is 33.4 Å². The van der Waals surface area contributed by atoms with Crippen molar-refractivity contribution in [2.24, 2.45) is 4.99 Å². The van der Waals surface area contributed by atoms with Crippen molar-refractivity contribution < 1.29 is 4.79 Å². The van der Waals surface area contributed by atoms with Crippen LogP contribution in [0.3, 0.4) is 0 Å². The molecule has 0 saturated carbocycles. The fraction of sp³-hybridized carbons (Fsp3) is 0.450. The number of carbonyl (C=O) groups excluding carboxylic acids is 1. The number of guanidine groups is 1. The van der Waals surface area contributed by atoms with Crippen LogP contribution in [-0.4, -0.2) is 54.2 Å². The molecule has 0 aliphatic heterocycles. The Hall–Kier alpha value is -2.10. The van der Waals surface area contributed by atoms with Crippen LogP contribution >= 0.6 is 24.0 Å². The Morgan fingerprint density at radius 1 is 1.18 bits per heavy atom. The largest absolute Gasteiger partial charge is 0.356 e. The lowest BCUT2D eigenvalue weighted by Crippen LogP contribution is -2.37. The van der Waals surface area contributed by atoms with Crippen molar-refractivity contribution in [3.63, 3.8) is 0 Å². The van der Waals surface area contributed by atoms with Gasteiger partial charge in [0.1, 0.15) is 0 Å². The number of nitrogens with one attached hydrogen (secondary N) is 2. The van der Waals surface area contributed by atoms with E-state index in [2.05, 4.69) is 33.7 Å². The molecule has 1 aromatic heterocycles. The van der Waals surface area contributed by atoms with E-state index in [-0.39, 0.29) is 29.9 Å². The SMILES string of the molecule is CN=C(NCCCn1nc(C)cc1C)NCc1ccc(C(=O)N(C)C)cc1.I. The van der Waals surface area contributed by atoms with Crippen LogP contribution in [0.2, 0.25) is 0 Å². The summed E-state index contributed by atoms with van der Waals surface area (Å²) in [6.45, 7) is 6.43. The molecule has 0 fully saturated rings. The highest BCUT2D eigenvalue weighted by Gasteiger charge is 2.07. The van der Waals surface area contributed by atoms with Crippen molar-refractivity contribution in [3.8, 4) is 0 Å². The van der Waals surface area contributed by atoms with Gasteiger partial charge in [0.15, 0.2) is 5.96 Å². The number of amides is 1. The van der Waals surface area contributed by atoms with E-state index in [4.69, 9.17) is 0 Å². The van der Waals surface area contributed by atoms with Crippen molar-refractivity contribution in [2.75, 3.05) is 27.7 Å². The highest BCUT2D eigenvalue weighted by Crippen LogP contribution is 2.06. The van der Waals surface area contributed by atoms with E-state index in [1.807, 2.05) is 35.9 Å². The first kappa shape index (κ1) is 23.9.